The van der Waals surface area contributed by atoms with Gasteiger partial charge in [0.05, 0.1) is 6.20 Å². The van der Waals surface area contributed by atoms with Crippen LogP contribution in [0.1, 0.15) is 5.56 Å². The minimum Gasteiger partial charge on any atom is -0.399 e. The van der Waals surface area contributed by atoms with Gasteiger partial charge in [0.25, 0.3) is 0 Å². The van der Waals surface area contributed by atoms with Gasteiger partial charge in [-0.15, -0.1) is 10.2 Å². The zero-order valence-electron chi connectivity index (χ0n) is 9.33. The molecule has 0 unspecified atom stereocenters. The van der Waals surface area contributed by atoms with E-state index in [1.165, 1.54) is 0 Å². The maximum atomic E-state index is 5.80. The van der Waals surface area contributed by atoms with Crippen molar-refractivity contribution in [3.63, 3.8) is 0 Å². The zero-order chi connectivity index (χ0) is 11.8. The highest BCUT2D eigenvalue weighted by atomic mass is 15.2. The van der Waals surface area contributed by atoms with Crippen LogP contribution in [0, 0.1) is 6.92 Å². The number of nitrogens with two attached hydrogens (primary N) is 1. The first-order valence-corrected chi connectivity index (χ1v) is 5.27. The SMILES string of the molecule is Cc1cc(-c2nnc3cnccn23)ccc1N. The number of aryl methyl sites for hydroxylation is 1. The first-order chi connectivity index (χ1) is 8.25. The molecule has 0 aliphatic carbocycles. The summed E-state index contributed by atoms with van der Waals surface area (Å²) < 4.78 is 1.90. The zero-order valence-corrected chi connectivity index (χ0v) is 9.33. The summed E-state index contributed by atoms with van der Waals surface area (Å²) in [5.41, 5.74) is 9.35. The molecule has 0 fully saturated rings. The Morgan fingerprint density at radius 2 is 2.12 bits per heavy atom. The summed E-state index contributed by atoms with van der Waals surface area (Å²) >= 11 is 0. The Hall–Kier alpha value is -2.43. The molecule has 0 radical (unpaired) electrons. The predicted octanol–water partition coefficient (Wildman–Crippen LogP) is 1.68. The van der Waals surface area contributed by atoms with E-state index in [0.29, 0.717) is 0 Å². The Balaban J connectivity index is 2.24. The summed E-state index contributed by atoms with van der Waals surface area (Å²) in [6.45, 7) is 1.98. The highest BCUT2D eigenvalue weighted by Crippen LogP contribution is 2.21. The van der Waals surface area contributed by atoms with Crippen molar-refractivity contribution in [2.24, 2.45) is 0 Å². The topological polar surface area (TPSA) is 69.1 Å². The molecule has 0 saturated heterocycles. The van der Waals surface area contributed by atoms with Crippen LogP contribution in [0.3, 0.4) is 0 Å². The van der Waals surface area contributed by atoms with Gasteiger partial charge in [0.15, 0.2) is 11.5 Å². The van der Waals surface area contributed by atoms with Crippen molar-refractivity contribution in [2.45, 2.75) is 6.92 Å². The van der Waals surface area contributed by atoms with Crippen molar-refractivity contribution in [3.8, 4) is 11.4 Å². The van der Waals surface area contributed by atoms with Gasteiger partial charge in [-0.3, -0.25) is 9.38 Å². The van der Waals surface area contributed by atoms with Gasteiger partial charge in [0.2, 0.25) is 0 Å². The molecule has 0 aliphatic heterocycles. The fourth-order valence-corrected chi connectivity index (χ4v) is 1.76. The van der Waals surface area contributed by atoms with E-state index in [-0.39, 0.29) is 0 Å². The first kappa shape index (κ1) is 9.77. The van der Waals surface area contributed by atoms with Crippen molar-refractivity contribution in [2.75, 3.05) is 5.73 Å². The van der Waals surface area contributed by atoms with E-state index < -0.39 is 0 Å². The highest BCUT2D eigenvalue weighted by molar-refractivity contribution is 5.64. The molecular weight excluding hydrogens is 214 g/mol. The van der Waals surface area contributed by atoms with Crippen LogP contribution in [0.5, 0.6) is 0 Å². The minimum atomic E-state index is 0.733. The molecule has 2 heterocycles. The number of fused-ring (bicyclic) bond motifs is 1. The predicted molar refractivity (Wildman–Crippen MR) is 65.4 cm³/mol. The molecule has 84 valence electrons. The van der Waals surface area contributed by atoms with Crippen molar-refractivity contribution < 1.29 is 0 Å². The minimum absolute atomic E-state index is 0.733. The quantitative estimate of drug-likeness (QED) is 0.640. The Bertz CT molecular complexity index is 686. The molecule has 0 spiro atoms. The van der Waals surface area contributed by atoms with Crippen molar-refractivity contribution >= 4 is 11.3 Å². The van der Waals surface area contributed by atoms with E-state index >= 15 is 0 Å². The van der Waals surface area contributed by atoms with E-state index in [0.717, 1.165) is 28.3 Å². The second-order valence-corrected chi connectivity index (χ2v) is 3.90. The second-order valence-electron chi connectivity index (χ2n) is 3.90. The largest absolute Gasteiger partial charge is 0.399 e. The summed E-state index contributed by atoms with van der Waals surface area (Å²) in [4.78, 5) is 4.01. The van der Waals surface area contributed by atoms with E-state index in [1.54, 1.807) is 12.4 Å². The van der Waals surface area contributed by atoms with E-state index in [2.05, 4.69) is 15.2 Å². The standard InChI is InChI=1S/C12H11N5/c1-8-6-9(2-3-10(8)13)12-16-15-11-7-14-4-5-17(11)12/h2-7H,13H2,1H3. The average molecular weight is 225 g/mol. The third-order valence-corrected chi connectivity index (χ3v) is 2.74. The number of nitrogen functional groups attached to an aromatic ring is 1. The highest BCUT2D eigenvalue weighted by Gasteiger charge is 2.08. The van der Waals surface area contributed by atoms with Crippen molar-refractivity contribution in [3.05, 3.63) is 42.4 Å². The molecule has 3 aromatic rings. The fourth-order valence-electron chi connectivity index (χ4n) is 1.76. The molecule has 17 heavy (non-hydrogen) atoms. The number of hydrogen-bond acceptors (Lipinski definition) is 4. The van der Waals surface area contributed by atoms with Gasteiger partial charge in [-0.1, -0.05) is 0 Å². The van der Waals surface area contributed by atoms with Gasteiger partial charge < -0.3 is 5.73 Å². The van der Waals surface area contributed by atoms with Crippen LogP contribution in [-0.4, -0.2) is 19.6 Å². The number of hydrogen-bond donors (Lipinski definition) is 1. The maximum absolute atomic E-state index is 5.80. The maximum Gasteiger partial charge on any atom is 0.179 e. The van der Waals surface area contributed by atoms with Crippen LogP contribution in [-0.2, 0) is 0 Å². The molecule has 1 aromatic carbocycles. The van der Waals surface area contributed by atoms with Gasteiger partial charge in [-0.05, 0) is 30.7 Å². The monoisotopic (exact) mass is 225 g/mol. The van der Waals surface area contributed by atoms with E-state index in [4.69, 9.17) is 5.73 Å². The Morgan fingerprint density at radius 1 is 1.24 bits per heavy atom. The second kappa shape index (κ2) is 3.55. The first-order valence-electron chi connectivity index (χ1n) is 5.27. The summed E-state index contributed by atoms with van der Waals surface area (Å²) in [5.74, 6) is 0.797. The van der Waals surface area contributed by atoms with Gasteiger partial charge in [0.1, 0.15) is 0 Å². The summed E-state index contributed by atoms with van der Waals surface area (Å²) in [5, 5.41) is 8.23. The molecule has 0 bridgehead atoms. The van der Waals surface area contributed by atoms with E-state index in [1.807, 2.05) is 35.7 Å². The number of aromatic nitrogens is 4. The van der Waals surface area contributed by atoms with Gasteiger partial charge >= 0.3 is 0 Å². The molecule has 2 aromatic heterocycles. The van der Waals surface area contributed by atoms with Crippen LogP contribution in [0.25, 0.3) is 17.0 Å². The third kappa shape index (κ3) is 1.52. The lowest BCUT2D eigenvalue weighted by atomic mass is 10.1. The Morgan fingerprint density at radius 3 is 2.94 bits per heavy atom. The van der Waals surface area contributed by atoms with Crippen LogP contribution >= 0.6 is 0 Å². The van der Waals surface area contributed by atoms with Crippen molar-refractivity contribution in [1.29, 1.82) is 0 Å². The third-order valence-electron chi connectivity index (χ3n) is 2.74. The normalized spacial score (nSPS) is 10.9. The lowest BCUT2D eigenvalue weighted by Gasteiger charge is -2.03. The van der Waals surface area contributed by atoms with Crippen LogP contribution < -0.4 is 5.73 Å². The number of rotatable bonds is 1. The molecule has 0 amide bonds. The number of nitrogens with zero attached hydrogens (tertiary/aromatic N) is 4. The molecule has 3 rings (SSSR count). The Labute approximate surface area is 97.9 Å². The summed E-state index contributed by atoms with van der Waals surface area (Å²) in [6.07, 6.45) is 5.24. The lowest BCUT2D eigenvalue weighted by molar-refractivity contribution is 1.11. The Kier molecular flexibility index (Phi) is 2.04. The number of benzene rings is 1. The molecular formula is C12H11N5. The van der Waals surface area contributed by atoms with Crippen LogP contribution in [0.4, 0.5) is 5.69 Å². The van der Waals surface area contributed by atoms with Crippen molar-refractivity contribution in [1.82, 2.24) is 19.6 Å². The van der Waals surface area contributed by atoms with Gasteiger partial charge in [-0.2, -0.15) is 0 Å². The van der Waals surface area contributed by atoms with Crippen LogP contribution in [0.2, 0.25) is 0 Å². The average Bonchev–Trinajstić information content (AvgIpc) is 2.76. The smallest absolute Gasteiger partial charge is 0.179 e. The van der Waals surface area contributed by atoms with Crippen LogP contribution in [0.15, 0.2) is 36.8 Å². The number of anilines is 1. The summed E-state index contributed by atoms with van der Waals surface area (Å²) in [6, 6.07) is 5.83. The van der Waals surface area contributed by atoms with Gasteiger partial charge in [-0.25, -0.2) is 0 Å². The summed E-state index contributed by atoms with van der Waals surface area (Å²) in [7, 11) is 0. The molecule has 5 nitrogen and oxygen atoms in total. The molecule has 0 saturated carbocycles. The molecule has 2 N–H and O–H groups in total. The fraction of sp³-hybridized carbons (Fsp3) is 0.0833. The lowest BCUT2D eigenvalue weighted by Crippen LogP contribution is -1.93. The molecule has 0 atom stereocenters. The van der Waals surface area contributed by atoms with E-state index in [9.17, 15) is 0 Å². The molecule has 5 heteroatoms. The molecule has 0 aliphatic rings. The van der Waals surface area contributed by atoms with Gasteiger partial charge in [0, 0.05) is 23.6 Å².